The third-order valence-corrected chi connectivity index (χ3v) is 6.05. The number of anilines is 3. The standard InChI is InChI=1S/C26H27N9O/c1-33(2)24-17-20(21-9-12-27-26(29-21)30-22-10-13-28-34(22)3)16-23-31-32-25(35(23)24)19(11-14-36)15-18-7-5-4-6-8-18/h4-10,12-14,16-17,19H,11,15H2,1-3H3,(H,27,29,30). The molecule has 0 fully saturated rings. The molecule has 4 aromatic heterocycles. The lowest BCUT2D eigenvalue weighted by molar-refractivity contribution is -0.108. The van der Waals surface area contributed by atoms with Gasteiger partial charge in [0.2, 0.25) is 5.95 Å². The average Bonchev–Trinajstić information content (AvgIpc) is 3.50. The molecule has 1 atom stereocenters. The second kappa shape index (κ2) is 9.95. The second-order valence-electron chi connectivity index (χ2n) is 8.77. The molecule has 0 bridgehead atoms. The van der Waals surface area contributed by atoms with E-state index in [1.165, 1.54) is 0 Å². The van der Waals surface area contributed by atoms with E-state index in [1.807, 2.05) is 66.8 Å². The van der Waals surface area contributed by atoms with Crippen molar-refractivity contribution in [1.82, 2.24) is 34.3 Å². The average molecular weight is 482 g/mol. The molecule has 1 unspecified atom stereocenters. The predicted molar refractivity (Wildman–Crippen MR) is 138 cm³/mol. The third-order valence-electron chi connectivity index (χ3n) is 6.05. The van der Waals surface area contributed by atoms with Crippen LogP contribution < -0.4 is 10.2 Å². The predicted octanol–water partition coefficient (Wildman–Crippen LogP) is 3.64. The fourth-order valence-electron chi connectivity index (χ4n) is 4.25. The zero-order chi connectivity index (χ0) is 25.1. The van der Waals surface area contributed by atoms with Crippen molar-refractivity contribution in [3.05, 3.63) is 78.4 Å². The summed E-state index contributed by atoms with van der Waals surface area (Å²) in [5.41, 5.74) is 3.47. The number of fused-ring (bicyclic) bond motifs is 1. The molecule has 1 N–H and O–H groups in total. The number of aromatic nitrogens is 7. The summed E-state index contributed by atoms with van der Waals surface area (Å²) < 4.78 is 3.74. The summed E-state index contributed by atoms with van der Waals surface area (Å²) in [6.45, 7) is 0. The summed E-state index contributed by atoms with van der Waals surface area (Å²) in [6.07, 6.45) is 5.44. The maximum Gasteiger partial charge on any atom is 0.228 e. The van der Waals surface area contributed by atoms with Crippen molar-refractivity contribution < 1.29 is 4.79 Å². The number of carbonyl (C=O) groups is 1. The highest BCUT2D eigenvalue weighted by atomic mass is 16.1. The molecular formula is C26H27N9O. The number of hydrogen-bond acceptors (Lipinski definition) is 8. The number of hydrogen-bond donors (Lipinski definition) is 1. The smallest absolute Gasteiger partial charge is 0.228 e. The Morgan fingerprint density at radius 3 is 2.61 bits per heavy atom. The van der Waals surface area contributed by atoms with Crippen molar-refractivity contribution >= 4 is 29.5 Å². The first-order valence-corrected chi connectivity index (χ1v) is 11.7. The molecule has 0 saturated carbocycles. The summed E-state index contributed by atoms with van der Waals surface area (Å²) in [4.78, 5) is 22.6. The van der Waals surface area contributed by atoms with Crippen molar-refractivity contribution in [3.8, 4) is 11.3 Å². The minimum absolute atomic E-state index is 0.0989. The van der Waals surface area contributed by atoms with Gasteiger partial charge in [-0.3, -0.25) is 9.08 Å². The molecule has 0 spiro atoms. The Labute approximate surface area is 208 Å². The summed E-state index contributed by atoms with van der Waals surface area (Å²) in [6, 6.07) is 17.9. The maximum absolute atomic E-state index is 11.6. The Morgan fingerprint density at radius 1 is 1.06 bits per heavy atom. The normalized spacial score (nSPS) is 12.0. The molecular weight excluding hydrogens is 454 g/mol. The van der Waals surface area contributed by atoms with Gasteiger partial charge in [0.1, 0.15) is 23.7 Å². The van der Waals surface area contributed by atoms with E-state index in [9.17, 15) is 4.79 Å². The second-order valence-corrected chi connectivity index (χ2v) is 8.77. The molecule has 0 saturated heterocycles. The van der Waals surface area contributed by atoms with Crippen molar-refractivity contribution in [3.63, 3.8) is 0 Å². The van der Waals surface area contributed by atoms with Gasteiger partial charge in [0.25, 0.3) is 0 Å². The lowest BCUT2D eigenvalue weighted by atomic mass is 9.96. The number of carbonyl (C=O) groups excluding carboxylic acids is 1. The molecule has 0 aliphatic rings. The Morgan fingerprint density at radius 2 is 1.89 bits per heavy atom. The zero-order valence-electron chi connectivity index (χ0n) is 20.4. The highest BCUT2D eigenvalue weighted by Gasteiger charge is 2.22. The number of benzene rings is 1. The number of nitrogens with one attached hydrogen (secondary N) is 1. The highest BCUT2D eigenvalue weighted by molar-refractivity contribution is 5.71. The lowest BCUT2D eigenvalue weighted by Gasteiger charge is -2.20. The van der Waals surface area contributed by atoms with Gasteiger partial charge < -0.3 is 15.0 Å². The van der Waals surface area contributed by atoms with Gasteiger partial charge in [0, 0.05) is 51.3 Å². The molecule has 36 heavy (non-hydrogen) atoms. The summed E-state index contributed by atoms with van der Waals surface area (Å²) >= 11 is 0. The monoisotopic (exact) mass is 481 g/mol. The quantitative estimate of drug-likeness (QED) is 0.318. The van der Waals surface area contributed by atoms with Crippen molar-refractivity contribution in [2.24, 2.45) is 7.05 Å². The van der Waals surface area contributed by atoms with E-state index in [0.29, 0.717) is 24.4 Å². The van der Waals surface area contributed by atoms with Gasteiger partial charge in [-0.2, -0.15) is 5.10 Å². The maximum atomic E-state index is 11.6. The molecule has 10 heteroatoms. The highest BCUT2D eigenvalue weighted by Crippen LogP contribution is 2.30. The Balaban J connectivity index is 1.55. The Bertz CT molecular complexity index is 1490. The van der Waals surface area contributed by atoms with Crippen molar-refractivity contribution in [2.45, 2.75) is 18.8 Å². The number of aldehydes is 1. The number of aryl methyl sites for hydroxylation is 1. The van der Waals surface area contributed by atoms with Gasteiger partial charge >= 0.3 is 0 Å². The molecule has 0 aliphatic heterocycles. The van der Waals surface area contributed by atoms with E-state index in [4.69, 9.17) is 4.98 Å². The van der Waals surface area contributed by atoms with Crippen LogP contribution >= 0.6 is 0 Å². The van der Waals surface area contributed by atoms with Gasteiger partial charge in [-0.15, -0.1) is 10.2 Å². The van der Waals surface area contributed by atoms with E-state index < -0.39 is 0 Å². The molecule has 5 aromatic rings. The summed E-state index contributed by atoms with van der Waals surface area (Å²) in [5.74, 6) is 2.82. The van der Waals surface area contributed by atoms with Crippen LogP contribution in [0.5, 0.6) is 0 Å². The van der Waals surface area contributed by atoms with Crippen molar-refractivity contribution in [2.75, 3.05) is 24.3 Å². The van der Waals surface area contributed by atoms with Crippen LogP contribution in [0.25, 0.3) is 16.9 Å². The largest absolute Gasteiger partial charge is 0.364 e. The minimum atomic E-state index is -0.0989. The fourth-order valence-corrected chi connectivity index (χ4v) is 4.25. The van der Waals surface area contributed by atoms with E-state index in [-0.39, 0.29) is 5.92 Å². The Hall–Kier alpha value is -4.60. The first kappa shape index (κ1) is 23.2. The van der Waals surface area contributed by atoms with Crippen LogP contribution in [0.15, 0.2) is 67.0 Å². The third kappa shape index (κ3) is 4.65. The van der Waals surface area contributed by atoms with Crippen molar-refractivity contribution in [1.29, 1.82) is 0 Å². The van der Waals surface area contributed by atoms with Crippen LogP contribution in [0.4, 0.5) is 17.6 Å². The summed E-state index contributed by atoms with van der Waals surface area (Å²) in [5, 5.41) is 16.4. The first-order chi connectivity index (χ1) is 17.5. The molecule has 0 radical (unpaired) electrons. The van der Waals surface area contributed by atoms with E-state index in [1.54, 1.807) is 17.1 Å². The van der Waals surface area contributed by atoms with Gasteiger partial charge in [-0.25, -0.2) is 9.97 Å². The molecule has 5 rings (SSSR count). The first-order valence-electron chi connectivity index (χ1n) is 11.7. The topological polar surface area (TPSA) is 106 Å². The molecule has 10 nitrogen and oxygen atoms in total. The van der Waals surface area contributed by atoms with E-state index in [2.05, 4.69) is 43.8 Å². The molecule has 1 aromatic carbocycles. The Kier molecular flexibility index (Phi) is 6.40. The number of rotatable bonds is 9. The fraction of sp³-hybridized carbons (Fsp3) is 0.231. The van der Waals surface area contributed by atoms with Crippen LogP contribution in [0.2, 0.25) is 0 Å². The lowest BCUT2D eigenvalue weighted by Crippen LogP contribution is -2.17. The molecule has 4 heterocycles. The van der Waals surface area contributed by atoms with Gasteiger partial charge in [0.05, 0.1) is 11.9 Å². The van der Waals surface area contributed by atoms with Gasteiger partial charge in [0.15, 0.2) is 5.65 Å². The summed E-state index contributed by atoms with van der Waals surface area (Å²) in [7, 11) is 5.80. The molecule has 182 valence electrons. The molecule has 0 amide bonds. The van der Waals surface area contributed by atoms with E-state index >= 15 is 0 Å². The van der Waals surface area contributed by atoms with Crippen LogP contribution in [0.3, 0.4) is 0 Å². The molecule has 0 aliphatic carbocycles. The number of nitrogens with zero attached hydrogens (tertiary/aromatic N) is 8. The van der Waals surface area contributed by atoms with Gasteiger partial charge in [-0.05, 0) is 30.2 Å². The number of pyridine rings is 1. The minimum Gasteiger partial charge on any atom is -0.364 e. The van der Waals surface area contributed by atoms with Crippen LogP contribution in [0, 0.1) is 0 Å². The van der Waals surface area contributed by atoms with Gasteiger partial charge in [-0.1, -0.05) is 30.3 Å². The van der Waals surface area contributed by atoms with Crippen LogP contribution in [0.1, 0.15) is 23.7 Å². The zero-order valence-corrected chi connectivity index (χ0v) is 20.4. The van der Waals surface area contributed by atoms with Crippen LogP contribution in [-0.4, -0.2) is 54.7 Å². The van der Waals surface area contributed by atoms with Crippen LogP contribution in [-0.2, 0) is 18.3 Å². The van der Waals surface area contributed by atoms with E-state index in [0.717, 1.165) is 40.6 Å². The SMILES string of the molecule is CN(C)c1cc(-c2ccnc(Nc3ccnn3C)n2)cc2nnc(C(CC=O)Cc3ccccc3)n12.